The van der Waals surface area contributed by atoms with Crippen LogP contribution >= 0.6 is 0 Å². The summed E-state index contributed by atoms with van der Waals surface area (Å²) in [6.45, 7) is 5.62. The number of carbonyl (C=O) groups excluding carboxylic acids is 1. The van der Waals surface area contributed by atoms with Crippen LogP contribution in [-0.2, 0) is 4.79 Å². The number of carbonyl (C=O) groups is 2. The predicted molar refractivity (Wildman–Crippen MR) is 68.4 cm³/mol. The van der Waals surface area contributed by atoms with Crippen molar-refractivity contribution in [2.24, 2.45) is 0 Å². The third-order valence-corrected chi connectivity index (χ3v) is 3.10. The molecule has 0 saturated heterocycles. The molecule has 4 nitrogen and oxygen atoms in total. The van der Waals surface area contributed by atoms with Gasteiger partial charge in [0.05, 0.1) is 13.5 Å². The highest BCUT2D eigenvalue weighted by Crippen LogP contribution is 2.29. The van der Waals surface area contributed by atoms with Crippen LogP contribution in [-0.4, -0.2) is 24.0 Å². The monoisotopic (exact) mass is 250 g/mol. The molecular weight excluding hydrogens is 232 g/mol. The molecule has 1 aromatic carbocycles. The van der Waals surface area contributed by atoms with Crippen LogP contribution in [0, 0.1) is 20.8 Å². The Kier molecular flexibility index (Phi) is 4.48. The lowest BCUT2D eigenvalue weighted by Gasteiger charge is -2.14. The van der Waals surface area contributed by atoms with Crippen LogP contribution in [0.15, 0.2) is 6.07 Å². The molecule has 0 radical (unpaired) electrons. The number of aryl methyl sites for hydroxylation is 1. The maximum absolute atomic E-state index is 12.0. The van der Waals surface area contributed by atoms with Crippen molar-refractivity contribution in [3.8, 4) is 5.75 Å². The third-order valence-electron chi connectivity index (χ3n) is 3.10. The zero-order valence-electron chi connectivity index (χ0n) is 11.2. The highest BCUT2D eigenvalue weighted by molar-refractivity contribution is 5.99. The molecule has 0 heterocycles. The molecule has 0 spiro atoms. The highest BCUT2D eigenvalue weighted by Gasteiger charge is 2.16. The van der Waals surface area contributed by atoms with Gasteiger partial charge in [-0.25, -0.2) is 0 Å². The van der Waals surface area contributed by atoms with E-state index in [0.717, 1.165) is 22.4 Å². The van der Waals surface area contributed by atoms with Crippen LogP contribution in [0.5, 0.6) is 5.75 Å². The Morgan fingerprint density at radius 1 is 1.17 bits per heavy atom. The molecule has 1 N–H and O–H groups in total. The molecule has 0 bridgehead atoms. The van der Waals surface area contributed by atoms with E-state index in [0.29, 0.717) is 5.56 Å². The minimum Gasteiger partial charge on any atom is -0.496 e. The van der Waals surface area contributed by atoms with Gasteiger partial charge in [0.25, 0.3) is 0 Å². The van der Waals surface area contributed by atoms with Gasteiger partial charge in [-0.3, -0.25) is 9.59 Å². The Labute approximate surface area is 107 Å². The number of benzene rings is 1. The van der Waals surface area contributed by atoms with Crippen molar-refractivity contribution in [2.75, 3.05) is 7.11 Å². The molecule has 0 aromatic heterocycles. The zero-order valence-corrected chi connectivity index (χ0v) is 11.2. The van der Waals surface area contributed by atoms with Crippen molar-refractivity contribution < 1.29 is 19.4 Å². The van der Waals surface area contributed by atoms with E-state index in [-0.39, 0.29) is 18.6 Å². The number of methoxy groups -OCH3 is 1. The summed E-state index contributed by atoms with van der Waals surface area (Å²) in [7, 11) is 1.60. The van der Waals surface area contributed by atoms with Crippen LogP contribution in [0.4, 0.5) is 0 Å². The molecule has 0 atom stereocenters. The Morgan fingerprint density at radius 2 is 1.78 bits per heavy atom. The number of aliphatic carboxylic acids is 1. The molecule has 4 heteroatoms. The first-order chi connectivity index (χ1) is 8.38. The summed E-state index contributed by atoms with van der Waals surface area (Å²) in [4.78, 5) is 22.5. The number of ketones is 1. The zero-order chi connectivity index (χ0) is 13.9. The summed E-state index contributed by atoms with van der Waals surface area (Å²) >= 11 is 0. The summed E-state index contributed by atoms with van der Waals surface area (Å²) < 4.78 is 5.28. The molecule has 1 rings (SSSR count). The van der Waals surface area contributed by atoms with Crippen molar-refractivity contribution in [1.82, 2.24) is 0 Å². The second-order valence-electron chi connectivity index (χ2n) is 4.34. The van der Waals surface area contributed by atoms with Crippen molar-refractivity contribution in [3.05, 3.63) is 28.3 Å². The second kappa shape index (κ2) is 5.67. The predicted octanol–water partition coefficient (Wildman–Crippen LogP) is 2.67. The first-order valence-corrected chi connectivity index (χ1v) is 5.78. The second-order valence-corrected chi connectivity index (χ2v) is 4.34. The van der Waals surface area contributed by atoms with Gasteiger partial charge in [-0.1, -0.05) is 0 Å². The summed E-state index contributed by atoms with van der Waals surface area (Å²) in [5.41, 5.74) is 3.26. The van der Waals surface area contributed by atoms with Crippen LogP contribution in [0.3, 0.4) is 0 Å². The number of rotatable bonds is 5. The Hall–Kier alpha value is -1.84. The molecule has 0 fully saturated rings. The molecule has 0 unspecified atom stereocenters. The van der Waals surface area contributed by atoms with Gasteiger partial charge < -0.3 is 9.84 Å². The number of hydrogen-bond donors (Lipinski definition) is 1. The van der Waals surface area contributed by atoms with Gasteiger partial charge in [-0.05, 0) is 43.5 Å². The van der Waals surface area contributed by atoms with E-state index in [1.807, 2.05) is 20.8 Å². The van der Waals surface area contributed by atoms with Crippen molar-refractivity contribution in [2.45, 2.75) is 33.6 Å². The molecule has 0 saturated carbocycles. The SMILES string of the molecule is COc1c(C)cc(C(=O)CCC(=O)O)c(C)c1C. The molecule has 0 aliphatic rings. The van der Waals surface area contributed by atoms with E-state index in [9.17, 15) is 9.59 Å². The van der Waals surface area contributed by atoms with E-state index >= 15 is 0 Å². The van der Waals surface area contributed by atoms with Crippen LogP contribution in [0.2, 0.25) is 0 Å². The van der Waals surface area contributed by atoms with E-state index in [2.05, 4.69) is 0 Å². The van der Waals surface area contributed by atoms with Crippen molar-refractivity contribution >= 4 is 11.8 Å². The summed E-state index contributed by atoms with van der Waals surface area (Å²) in [5, 5.41) is 8.60. The fourth-order valence-corrected chi connectivity index (χ4v) is 2.02. The van der Waals surface area contributed by atoms with Crippen LogP contribution in [0.1, 0.15) is 39.9 Å². The standard InChI is InChI=1S/C14H18O4/c1-8-7-11(12(15)5-6-13(16)17)9(2)10(3)14(8)18-4/h7H,5-6H2,1-4H3,(H,16,17). The molecule has 0 aliphatic carbocycles. The van der Waals surface area contributed by atoms with Gasteiger partial charge in [-0.2, -0.15) is 0 Å². The fourth-order valence-electron chi connectivity index (χ4n) is 2.02. The molecule has 98 valence electrons. The maximum atomic E-state index is 12.0. The van der Waals surface area contributed by atoms with Gasteiger partial charge in [0.15, 0.2) is 5.78 Å². The Bertz CT molecular complexity index is 489. The van der Waals surface area contributed by atoms with Gasteiger partial charge in [-0.15, -0.1) is 0 Å². The largest absolute Gasteiger partial charge is 0.496 e. The van der Waals surface area contributed by atoms with Gasteiger partial charge in [0, 0.05) is 12.0 Å². The number of carboxylic acid groups (broad SMARTS) is 1. The van der Waals surface area contributed by atoms with Crippen molar-refractivity contribution in [1.29, 1.82) is 0 Å². The lowest BCUT2D eigenvalue weighted by atomic mass is 9.94. The first kappa shape index (κ1) is 14.2. The molecular formula is C14H18O4. The average Bonchev–Trinajstić information content (AvgIpc) is 2.31. The van der Waals surface area contributed by atoms with Crippen LogP contribution in [0.25, 0.3) is 0 Å². The molecule has 0 amide bonds. The lowest BCUT2D eigenvalue weighted by molar-refractivity contribution is -0.136. The topological polar surface area (TPSA) is 63.6 Å². The Morgan fingerprint density at radius 3 is 2.28 bits per heavy atom. The quantitative estimate of drug-likeness (QED) is 0.816. The normalized spacial score (nSPS) is 10.2. The summed E-state index contributed by atoms with van der Waals surface area (Å²) in [6.07, 6.45) is -0.107. The number of ether oxygens (including phenoxy) is 1. The minimum atomic E-state index is -0.956. The summed E-state index contributed by atoms with van der Waals surface area (Å²) in [5.74, 6) is -0.311. The third kappa shape index (κ3) is 2.88. The minimum absolute atomic E-state index is 0.0291. The van der Waals surface area contributed by atoms with Gasteiger partial charge >= 0.3 is 5.97 Å². The van der Waals surface area contributed by atoms with Gasteiger partial charge in [0.2, 0.25) is 0 Å². The summed E-state index contributed by atoms with van der Waals surface area (Å²) in [6, 6.07) is 1.77. The fraction of sp³-hybridized carbons (Fsp3) is 0.429. The lowest BCUT2D eigenvalue weighted by Crippen LogP contribution is -2.08. The first-order valence-electron chi connectivity index (χ1n) is 5.78. The molecule has 1 aromatic rings. The van der Waals surface area contributed by atoms with E-state index in [1.165, 1.54) is 0 Å². The number of hydrogen-bond acceptors (Lipinski definition) is 3. The maximum Gasteiger partial charge on any atom is 0.303 e. The molecule has 0 aliphatic heterocycles. The number of Topliss-reactive ketones (excluding diaryl/α,β-unsaturated/α-hetero) is 1. The highest BCUT2D eigenvalue weighted by atomic mass is 16.5. The van der Waals surface area contributed by atoms with E-state index in [1.54, 1.807) is 13.2 Å². The smallest absolute Gasteiger partial charge is 0.303 e. The Balaban J connectivity index is 3.11. The van der Waals surface area contributed by atoms with Crippen molar-refractivity contribution in [3.63, 3.8) is 0 Å². The van der Waals surface area contributed by atoms with E-state index in [4.69, 9.17) is 9.84 Å². The van der Waals surface area contributed by atoms with E-state index < -0.39 is 5.97 Å². The van der Waals surface area contributed by atoms with Gasteiger partial charge in [0.1, 0.15) is 5.75 Å². The average molecular weight is 250 g/mol. The molecule has 18 heavy (non-hydrogen) atoms. The number of carboxylic acids is 1. The van der Waals surface area contributed by atoms with Crippen LogP contribution < -0.4 is 4.74 Å².